The fourth-order valence-electron chi connectivity index (χ4n) is 3.55. The fourth-order valence-corrected chi connectivity index (χ4v) is 5.60. The van der Waals surface area contributed by atoms with Gasteiger partial charge < -0.3 is 9.16 Å². The number of hydrogen-bond donors (Lipinski definition) is 0. The first-order valence-corrected chi connectivity index (χ1v) is 15.3. The van der Waals surface area contributed by atoms with Gasteiger partial charge in [-0.2, -0.15) is 0 Å². The van der Waals surface area contributed by atoms with Gasteiger partial charge in [-0.25, -0.2) is 4.79 Å². The molecule has 0 bridgehead atoms. The number of rotatable bonds is 4. The second-order valence-electron chi connectivity index (χ2n) is 11.1. The number of fused-ring (bicyclic) bond motifs is 1. The van der Waals surface area contributed by atoms with Crippen LogP contribution in [-0.4, -0.2) is 31.5 Å². The predicted octanol–water partition coefficient (Wildman–Crippen LogP) is 7.81. The molecule has 1 aliphatic rings. The highest BCUT2D eigenvalue weighted by atomic mass is 35.5. The van der Waals surface area contributed by atoms with Crippen LogP contribution in [0.4, 0.5) is 4.79 Å². The number of benzene rings is 1. The maximum Gasteiger partial charge on any atom is 0.411 e. The number of nitrogens with zero attached hydrogens (tertiary/aromatic N) is 1. The predicted molar refractivity (Wildman–Crippen MR) is 136 cm³/mol. The molecule has 1 amide bonds. The van der Waals surface area contributed by atoms with Gasteiger partial charge in [0, 0.05) is 16.4 Å². The van der Waals surface area contributed by atoms with E-state index in [2.05, 4.69) is 51.4 Å². The highest BCUT2D eigenvalue weighted by Gasteiger charge is 2.38. The Balaban J connectivity index is 1.92. The van der Waals surface area contributed by atoms with Crippen molar-refractivity contribution in [2.75, 3.05) is 6.54 Å². The van der Waals surface area contributed by atoms with Gasteiger partial charge in [-0.3, -0.25) is 4.90 Å². The summed E-state index contributed by atoms with van der Waals surface area (Å²) in [5, 5.41) is 2.98. The number of ether oxygens (including phenoxy) is 1. The molecule has 0 spiro atoms. The summed E-state index contributed by atoms with van der Waals surface area (Å²) in [6, 6.07) is 7.94. The van der Waals surface area contributed by atoms with E-state index in [0.29, 0.717) is 18.2 Å². The third kappa shape index (κ3) is 5.77. The first-order chi connectivity index (χ1) is 14.7. The second kappa shape index (κ2) is 9.13. The molecule has 0 aliphatic carbocycles. The van der Waals surface area contributed by atoms with E-state index < -0.39 is 13.9 Å². The Morgan fingerprint density at radius 1 is 1.19 bits per heavy atom. The average molecular weight is 494 g/mol. The lowest BCUT2D eigenvalue weighted by atomic mass is 9.89. The molecule has 1 atom stereocenters. The van der Waals surface area contributed by atoms with Gasteiger partial charge in [0.15, 0.2) is 8.32 Å². The van der Waals surface area contributed by atoms with Crippen LogP contribution in [0.3, 0.4) is 0 Å². The van der Waals surface area contributed by atoms with Crippen LogP contribution in [0.15, 0.2) is 29.6 Å². The molecule has 0 N–H and O–H groups in total. The van der Waals surface area contributed by atoms with Crippen molar-refractivity contribution < 1.29 is 14.0 Å². The minimum absolute atomic E-state index is 0.166. The van der Waals surface area contributed by atoms with E-state index >= 15 is 0 Å². The normalized spacial score (nSPS) is 17.3. The minimum atomic E-state index is -1.84. The first kappa shape index (κ1) is 25.3. The Morgan fingerprint density at radius 2 is 1.88 bits per heavy atom. The molecule has 2 heterocycles. The maximum absolute atomic E-state index is 13.1. The molecule has 7 heteroatoms. The molecule has 3 rings (SSSR count). The van der Waals surface area contributed by atoms with Gasteiger partial charge in [0.2, 0.25) is 0 Å². The molecule has 1 aromatic heterocycles. The Hall–Kier alpha value is -1.34. The SMILES string of the molecule is CC(C)(C)OC(=O)N1CCc2ccc(Cl)cc2C1c1csc(CO[Si](C)(C)C(C)(C)C)c1. The van der Waals surface area contributed by atoms with E-state index in [-0.39, 0.29) is 17.2 Å². The smallest absolute Gasteiger partial charge is 0.411 e. The third-order valence-corrected chi connectivity index (χ3v) is 12.0. The average Bonchev–Trinajstić information content (AvgIpc) is 3.11. The van der Waals surface area contributed by atoms with Gasteiger partial charge in [-0.15, -0.1) is 11.3 Å². The van der Waals surface area contributed by atoms with Gasteiger partial charge in [-0.1, -0.05) is 38.4 Å². The third-order valence-electron chi connectivity index (χ3n) is 6.34. The quantitative estimate of drug-likeness (QED) is 0.407. The van der Waals surface area contributed by atoms with Gasteiger partial charge in [0.1, 0.15) is 5.60 Å². The number of carbonyl (C=O) groups excluding carboxylic acids is 1. The van der Waals surface area contributed by atoms with Crippen LogP contribution in [0, 0.1) is 0 Å². The number of halogens is 1. The summed E-state index contributed by atoms with van der Waals surface area (Å²) < 4.78 is 12.2. The lowest BCUT2D eigenvalue weighted by Gasteiger charge is -2.38. The van der Waals surface area contributed by atoms with Gasteiger partial charge in [0.05, 0.1) is 12.6 Å². The van der Waals surface area contributed by atoms with Gasteiger partial charge >= 0.3 is 6.09 Å². The standard InChI is InChI=1S/C25H36ClNO3SSi/c1-24(2,3)30-23(28)27-12-11-17-9-10-19(26)14-21(17)22(27)18-13-20(31-16-18)15-29-32(7,8)25(4,5)6/h9-10,13-14,16,22H,11-12,15H2,1-8H3. The second-order valence-corrected chi connectivity index (χ2v) is 17.3. The van der Waals surface area contributed by atoms with Crippen molar-refractivity contribution in [2.24, 2.45) is 0 Å². The zero-order chi connectivity index (χ0) is 23.9. The van der Waals surface area contributed by atoms with Crippen molar-refractivity contribution in [3.63, 3.8) is 0 Å². The molecule has 0 fully saturated rings. The molecule has 0 saturated heterocycles. The molecule has 1 aromatic carbocycles. The maximum atomic E-state index is 13.1. The van der Waals surface area contributed by atoms with E-state index in [0.717, 1.165) is 17.5 Å². The van der Waals surface area contributed by atoms with Crippen molar-refractivity contribution in [1.82, 2.24) is 4.90 Å². The van der Waals surface area contributed by atoms with Crippen molar-refractivity contribution in [3.05, 3.63) is 56.2 Å². The summed E-state index contributed by atoms with van der Waals surface area (Å²) in [6.45, 7) is 18.2. The van der Waals surface area contributed by atoms with Crippen LogP contribution in [0.25, 0.3) is 0 Å². The number of carbonyl (C=O) groups is 1. The van der Waals surface area contributed by atoms with E-state index in [1.54, 1.807) is 11.3 Å². The van der Waals surface area contributed by atoms with Crippen molar-refractivity contribution >= 4 is 37.3 Å². The summed E-state index contributed by atoms with van der Waals surface area (Å²) in [5.74, 6) is 0. The van der Waals surface area contributed by atoms with Crippen LogP contribution >= 0.6 is 22.9 Å². The molecular weight excluding hydrogens is 458 g/mol. The molecule has 2 aromatic rings. The zero-order valence-corrected chi connectivity index (χ0v) is 23.1. The molecule has 1 aliphatic heterocycles. The lowest BCUT2D eigenvalue weighted by Crippen LogP contribution is -2.43. The van der Waals surface area contributed by atoms with Crippen molar-refractivity contribution in [2.45, 2.75) is 84.3 Å². The molecule has 1 unspecified atom stereocenters. The largest absolute Gasteiger partial charge is 0.444 e. The summed E-state index contributed by atoms with van der Waals surface area (Å²) in [5.41, 5.74) is 2.83. The number of amides is 1. The highest BCUT2D eigenvalue weighted by Crippen LogP contribution is 2.40. The fraction of sp³-hybridized carbons (Fsp3) is 0.560. The van der Waals surface area contributed by atoms with Crippen LogP contribution in [0.5, 0.6) is 0 Å². The van der Waals surface area contributed by atoms with E-state index in [9.17, 15) is 4.79 Å². The van der Waals surface area contributed by atoms with Gasteiger partial charge in [0.25, 0.3) is 0 Å². The lowest BCUT2D eigenvalue weighted by molar-refractivity contribution is 0.0178. The molecule has 4 nitrogen and oxygen atoms in total. The van der Waals surface area contributed by atoms with E-state index in [4.69, 9.17) is 20.8 Å². The summed E-state index contributed by atoms with van der Waals surface area (Å²) in [7, 11) is -1.84. The van der Waals surface area contributed by atoms with Crippen molar-refractivity contribution in [1.29, 1.82) is 0 Å². The Bertz CT molecular complexity index is 974. The minimum Gasteiger partial charge on any atom is -0.444 e. The van der Waals surface area contributed by atoms with Crippen molar-refractivity contribution in [3.8, 4) is 0 Å². The molecule has 32 heavy (non-hydrogen) atoms. The van der Waals surface area contributed by atoms with Crippen LogP contribution in [0.1, 0.15) is 69.2 Å². The van der Waals surface area contributed by atoms with Crippen LogP contribution in [-0.2, 0) is 22.2 Å². The molecular formula is C25H36ClNO3SSi. The molecule has 0 radical (unpaired) electrons. The Morgan fingerprint density at radius 3 is 2.50 bits per heavy atom. The summed E-state index contributed by atoms with van der Waals surface area (Å²) >= 11 is 8.05. The van der Waals surface area contributed by atoms with Gasteiger partial charge in [-0.05, 0) is 85.6 Å². The zero-order valence-electron chi connectivity index (χ0n) is 20.5. The highest BCUT2D eigenvalue weighted by molar-refractivity contribution is 7.10. The van der Waals surface area contributed by atoms with E-state index in [1.807, 2.05) is 37.8 Å². The topological polar surface area (TPSA) is 38.8 Å². The first-order valence-electron chi connectivity index (χ1n) is 11.2. The summed E-state index contributed by atoms with van der Waals surface area (Å²) in [6.07, 6.45) is 0.492. The number of hydrogen-bond acceptors (Lipinski definition) is 4. The molecule has 176 valence electrons. The van der Waals surface area contributed by atoms with Crippen LogP contribution < -0.4 is 0 Å². The molecule has 0 saturated carbocycles. The van der Waals surface area contributed by atoms with E-state index in [1.165, 1.54) is 10.4 Å². The summed E-state index contributed by atoms with van der Waals surface area (Å²) in [4.78, 5) is 16.1. The number of thiophene rings is 1. The Kier molecular flexibility index (Phi) is 7.21. The Labute approximate surface area is 203 Å². The van der Waals surface area contributed by atoms with Crippen LogP contribution in [0.2, 0.25) is 23.2 Å². The monoisotopic (exact) mass is 493 g/mol.